The Hall–Kier alpha value is -0.570. The molecule has 2 atom stereocenters. The van der Waals surface area contributed by atoms with Crippen LogP contribution in [0.1, 0.15) is 34.6 Å². The highest BCUT2D eigenvalue weighted by molar-refractivity contribution is 5.79. The van der Waals surface area contributed by atoms with E-state index in [0.717, 1.165) is 6.54 Å². The zero-order valence-electron chi connectivity index (χ0n) is 11.2. The van der Waals surface area contributed by atoms with Crippen molar-refractivity contribution in [2.75, 3.05) is 20.6 Å². The molecule has 1 saturated heterocycles. The summed E-state index contributed by atoms with van der Waals surface area (Å²) in [7, 11) is 3.99. The second-order valence-electron chi connectivity index (χ2n) is 4.45. The van der Waals surface area contributed by atoms with E-state index >= 15 is 0 Å². The summed E-state index contributed by atoms with van der Waals surface area (Å²) < 4.78 is 0. The molecule has 0 N–H and O–H groups in total. The number of hydrogen-bond acceptors (Lipinski definition) is 2. The van der Waals surface area contributed by atoms with E-state index in [9.17, 15) is 4.79 Å². The molecule has 1 amide bonds. The Morgan fingerprint density at radius 2 is 1.73 bits per heavy atom. The molecule has 1 rings (SSSR count). The van der Waals surface area contributed by atoms with E-state index in [1.54, 1.807) is 0 Å². The van der Waals surface area contributed by atoms with Gasteiger partial charge in [0.15, 0.2) is 0 Å². The lowest BCUT2D eigenvalue weighted by Crippen LogP contribution is -2.58. The zero-order chi connectivity index (χ0) is 12.2. The maximum Gasteiger partial charge on any atom is 0.227 e. The molecule has 3 nitrogen and oxygen atoms in total. The number of carbonyl (C=O) groups excluding carboxylic acids is 1. The Morgan fingerprint density at radius 3 is 2.13 bits per heavy atom. The summed E-state index contributed by atoms with van der Waals surface area (Å²) in [6.07, 6.45) is 0.267. The summed E-state index contributed by atoms with van der Waals surface area (Å²) in [6.45, 7) is 11.2. The monoisotopic (exact) mass is 214 g/mol. The minimum absolute atomic E-state index is 0.144. The van der Waals surface area contributed by atoms with Crippen molar-refractivity contribution in [2.24, 2.45) is 11.8 Å². The number of nitrogens with zero attached hydrogens (tertiary/aromatic N) is 2. The van der Waals surface area contributed by atoms with Gasteiger partial charge in [-0.1, -0.05) is 34.6 Å². The van der Waals surface area contributed by atoms with Gasteiger partial charge in [-0.3, -0.25) is 9.69 Å². The molecule has 0 bridgehead atoms. The Balaban J connectivity index is 0.000000921. The van der Waals surface area contributed by atoms with Crippen molar-refractivity contribution in [3.8, 4) is 0 Å². The van der Waals surface area contributed by atoms with E-state index in [2.05, 4.69) is 25.8 Å². The Labute approximate surface area is 94.4 Å². The molecule has 0 spiro atoms. The van der Waals surface area contributed by atoms with Crippen molar-refractivity contribution < 1.29 is 4.79 Å². The highest BCUT2D eigenvalue weighted by Crippen LogP contribution is 2.21. The molecular formula is C12H26N2O. The average molecular weight is 214 g/mol. The van der Waals surface area contributed by atoms with Gasteiger partial charge in [0.05, 0.1) is 6.17 Å². The minimum Gasteiger partial charge on any atom is -0.329 e. The van der Waals surface area contributed by atoms with E-state index in [0.29, 0.717) is 5.92 Å². The molecule has 1 aliphatic rings. The van der Waals surface area contributed by atoms with Crippen LogP contribution in [0.2, 0.25) is 0 Å². The fourth-order valence-electron chi connectivity index (χ4n) is 2.35. The number of carbonyl (C=O) groups is 1. The van der Waals surface area contributed by atoms with Crippen LogP contribution in [0, 0.1) is 11.8 Å². The Bertz CT molecular complexity index is 204. The van der Waals surface area contributed by atoms with Gasteiger partial charge in [0.2, 0.25) is 5.91 Å². The molecular weight excluding hydrogens is 188 g/mol. The van der Waals surface area contributed by atoms with Gasteiger partial charge in [-0.25, -0.2) is 0 Å². The first-order chi connectivity index (χ1) is 6.95. The van der Waals surface area contributed by atoms with Gasteiger partial charge in [-0.15, -0.1) is 0 Å². The average Bonchev–Trinajstić information content (AvgIpc) is 2.17. The van der Waals surface area contributed by atoms with E-state index in [4.69, 9.17) is 0 Å². The summed E-state index contributed by atoms with van der Waals surface area (Å²) in [5.41, 5.74) is 0. The van der Waals surface area contributed by atoms with Crippen LogP contribution >= 0.6 is 0 Å². The third kappa shape index (κ3) is 3.20. The van der Waals surface area contributed by atoms with Crippen LogP contribution in [0.3, 0.4) is 0 Å². The highest BCUT2D eigenvalue weighted by atomic mass is 16.2. The summed E-state index contributed by atoms with van der Waals surface area (Å²) in [5, 5.41) is 0. The van der Waals surface area contributed by atoms with Crippen LogP contribution in [0.5, 0.6) is 0 Å². The van der Waals surface area contributed by atoms with Crippen molar-refractivity contribution >= 4 is 5.91 Å². The summed E-state index contributed by atoms with van der Waals surface area (Å²) in [4.78, 5) is 15.8. The third-order valence-corrected chi connectivity index (χ3v) is 2.78. The van der Waals surface area contributed by atoms with Gasteiger partial charge in [0, 0.05) is 19.5 Å². The molecule has 0 saturated carbocycles. The number of rotatable bonds is 1. The first-order valence-electron chi connectivity index (χ1n) is 5.92. The summed E-state index contributed by atoms with van der Waals surface area (Å²) in [6, 6.07) is 0. The topological polar surface area (TPSA) is 23.6 Å². The van der Waals surface area contributed by atoms with Gasteiger partial charge in [0.25, 0.3) is 0 Å². The molecule has 0 aromatic heterocycles. The van der Waals surface area contributed by atoms with Crippen molar-refractivity contribution in [1.82, 2.24) is 9.80 Å². The first kappa shape index (κ1) is 14.4. The molecule has 1 fully saturated rings. The van der Waals surface area contributed by atoms with Crippen molar-refractivity contribution in [1.29, 1.82) is 0 Å². The normalized spacial score (nSPS) is 27.7. The highest BCUT2D eigenvalue weighted by Gasteiger charge is 2.35. The van der Waals surface area contributed by atoms with Crippen LogP contribution in [-0.4, -0.2) is 42.5 Å². The van der Waals surface area contributed by atoms with Gasteiger partial charge >= 0.3 is 0 Å². The van der Waals surface area contributed by atoms with E-state index in [-0.39, 0.29) is 18.0 Å². The predicted molar refractivity (Wildman–Crippen MR) is 64.5 cm³/mol. The fourth-order valence-corrected chi connectivity index (χ4v) is 2.35. The standard InChI is InChI=1S/C10H20N2O.C2H6/c1-7(2)9-11(4)6-8(3)10(13)12(9)5;1-2/h7-9H,6H2,1-5H3;1-2H3. The van der Waals surface area contributed by atoms with Crippen molar-refractivity contribution in [2.45, 2.75) is 40.8 Å². The number of hydrogen-bond donors (Lipinski definition) is 0. The maximum absolute atomic E-state index is 11.7. The lowest BCUT2D eigenvalue weighted by Gasteiger charge is -2.44. The van der Waals surface area contributed by atoms with Crippen LogP contribution in [-0.2, 0) is 4.79 Å². The van der Waals surface area contributed by atoms with Crippen LogP contribution in [0.4, 0.5) is 0 Å². The molecule has 0 aromatic rings. The fraction of sp³-hybridized carbons (Fsp3) is 0.917. The molecule has 90 valence electrons. The molecule has 0 aromatic carbocycles. The molecule has 0 radical (unpaired) electrons. The van der Waals surface area contributed by atoms with Crippen LogP contribution in [0.15, 0.2) is 0 Å². The minimum atomic E-state index is 0.144. The SMILES string of the molecule is CC.CC1CN(C)C(C(C)C)N(C)C1=O. The van der Waals surface area contributed by atoms with Crippen molar-refractivity contribution in [3.05, 3.63) is 0 Å². The second-order valence-corrected chi connectivity index (χ2v) is 4.45. The van der Waals surface area contributed by atoms with Gasteiger partial charge in [-0.2, -0.15) is 0 Å². The first-order valence-corrected chi connectivity index (χ1v) is 5.92. The summed E-state index contributed by atoms with van der Waals surface area (Å²) in [5.74, 6) is 0.910. The third-order valence-electron chi connectivity index (χ3n) is 2.78. The van der Waals surface area contributed by atoms with Crippen LogP contribution in [0.25, 0.3) is 0 Å². The van der Waals surface area contributed by atoms with Gasteiger partial charge in [0.1, 0.15) is 0 Å². The molecule has 0 aliphatic carbocycles. The van der Waals surface area contributed by atoms with E-state index in [1.807, 2.05) is 32.7 Å². The maximum atomic E-state index is 11.7. The van der Waals surface area contributed by atoms with Gasteiger partial charge < -0.3 is 4.90 Å². The predicted octanol–water partition coefficient (Wildman–Crippen LogP) is 2.03. The lowest BCUT2D eigenvalue weighted by molar-refractivity contribution is -0.149. The Kier molecular flexibility index (Phi) is 5.88. The quantitative estimate of drug-likeness (QED) is 0.667. The van der Waals surface area contributed by atoms with Crippen LogP contribution < -0.4 is 0 Å². The molecule has 1 heterocycles. The smallest absolute Gasteiger partial charge is 0.227 e. The van der Waals surface area contributed by atoms with Gasteiger partial charge in [-0.05, 0) is 13.0 Å². The summed E-state index contributed by atoms with van der Waals surface area (Å²) >= 11 is 0. The molecule has 2 unspecified atom stereocenters. The Morgan fingerprint density at radius 1 is 1.27 bits per heavy atom. The lowest BCUT2D eigenvalue weighted by atomic mass is 10.0. The molecule has 3 heteroatoms. The largest absolute Gasteiger partial charge is 0.329 e. The second kappa shape index (κ2) is 6.11. The zero-order valence-corrected chi connectivity index (χ0v) is 11.2. The molecule has 15 heavy (non-hydrogen) atoms. The molecule has 1 aliphatic heterocycles. The number of amides is 1. The van der Waals surface area contributed by atoms with Crippen molar-refractivity contribution in [3.63, 3.8) is 0 Å². The van der Waals surface area contributed by atoms with E-state index in [1.165, 1.54) is 0 Å². The van der Waals surface area contributed by atoms with E-state index < -0.39 is 0 Å².